The van der Waals surface area contributed by atoms with Gasteiger partial charge in [-0.15, -0.1) is 0 Å². The molecule has 2 aromatic rings. The number of ketones is 1. The van der Waals surface area contributed by atoms with Gasteiger partial charge in [-0.05, 0) is 5.56 Å². The molecular formula is C14H11N3O. The molecule has 1 aromatic heterocycles. The molecule has 0 spiro atoms. The minimum atomic E-state index is -0.192. The van der Waals surface area contributed by atoms with E-state index in [9.17, 15) is 4.79 Å². The standard InChI is InChI=1S/C14H11N3O/c1-17-14-10-5-3-2-4-9(10)8-11(14)13(16-17)12(18)6-7-15/h2-5H,6,8H2,1H3. The highest BCUT2D eigenvalue weighted by Crippen LogP contribution is 2.37. The highest BCUT2D eigenvalue weighted by Gasteiger charge is 2.28. The van der Waals surface area contributed by atoms with E-state index in [0.717, 1.165) is 23.2 Å². The lowest BCUT2D eigenvalue weighted by Crippen LogP contribution is -2.03. The van der Waals surface area contributed by atoms with Gasteiger partial charge in [-0.3, -0.25) is 9.48 Å². The van der Waals surface area contributed by atoms with Crippen molar-refractivity contribution >= 4 is 5.78 Å². The van der Waals surface area contributed by atoms with Crippen molar-refractivity contribution in [3.8, 4) is 17.3 Å². The van der Waals surface area contributed by atoms with Gasteiger partial charge in [0, 0.05) is 24.6 Å². The molecule has 1 aliphatic rings. The Hall–Kier alpha value is -2.41. The lowest BCUT2D eigenvalue weighted by Gasteiger charge is -2.00. The van der Waals surface area contributed by atoms with Gasteiger partial charge in [0.25, 0.3) is 0 Å². The molecule has 4 heteroatoms. The van der Waals surface area contributed by atoms with Crippen LogP contribution in [0.25, 0.3) is 11.3 Å². The van der Waals surface area contributed by atoms with E-state index in [1.165, 1.54) is 5.56 Å². The molecule has 0 unspecified atom stereocenters. The molecular weight excluding hydrogens is 226 g/mol. The summed E-state index contributed by atoms with van der Waals surface area (Å²) in [6.45, 7) is 0. The van der Waals surface area contributed by atoms with Crippen molar-refractivity contribution < 1.29 is 4.79 Å². The molecule has 0 amide bonds. The molecule has 1 aromatic carbocycles. The predicted molar refractivity (Wildman–Crippen MR) is 66.0 cm³/mol. The van der Waals surface area contributed by atoms with E-state index < -0.39 is 0 Å². The van der Waals surface area contributed by atoms with Crippen LogP contribution in [0.5, 0.6) is 0 Å². The van der Waals surface area contributed by atoms with E-state index in [-0.39, 0.29) is 12.2 Å². The minimum absolute atomic E-state index is 0.111. The average Bonchev–Trinajstić information content (AvgIpc) is 2.88. The molecule has 0 aliphatic heterocycles. The summed E-state index contributed by atoms with van der Waals surface area (Å²) in [6.07, 6.45) is 0.617. The van der Waals surface area contributed by atoms with Crippen LogP contribution in [-0.2, 0) is 13.5 Å². The highest BCUT2D eigenvalue weighted by atomic mass is 16.1. The van der Waals surface area contributed by atoms with Crippen molar-refractivity contribution in [1.29, 1.82) is 5.26 Å². The number of Topliss-reactive ketones (excluding diaryl/α,β-unsaturated/α-hetero) is 1. The normalized spacial score (nSPS) is 11.8. The van der Waals surface area contributed by atoms with Crippen LogP contribution in [0.15, 0.2) is 24.3 Å². The maximum atomic E-state index is 11.9. The summed E-state index contributed by atoms with van der Waals surface area (Å²) in [7, 11) is 1.84. The number of rotatable bonds is 2. The van der Waals surface area contributed by atoms with E-state index in [4.69, 9.17) is 5.26 Å². The second-order valence-electron chi connectivity index (χ2n) is 4.39. The Morgan fingerprint density at radius 2 is 2.28 bits per heavy atom. The molecule has 3 rings (SSSR count). The fourth-order valence-electron chi connectivity index (χ4n) is 2.55. The second-order valence-corrected chi connectivity index (χ2v) is 4.39. The van der Waals surface area contributed by atoms with Crippen molar-refractivity contribution in [2.75, 3.05) is 0 Å². The molecule has 0 radical (unpaired) electrons. The number of fused-ring (bicyclic) bond motifs is 3. The molecule has 4 nitrogen and oxygen atoms in total. The Kier molecular flexibility index (Phi) is 2.27. The van der Waals surface area contributed by atoms with E-state index in [0.29, 0.717) is 5.69 Å². The number of aryl methyl sites for hydroxylation is 1. The first kappa shape index (κ1) is 10.7. The summed E-state index contributed by atoms with van der Waals surface area (Å²) >= 11 is 0. The SMILES string of the molecule is Cn1nc(C(=O)CC#N)c2c1-c1ccccc1C2. The third-order valence-corrected chi connectivity index (χ3v) is 3.29. The maximum absolute atomic E-state index is 11.9. The fourth-order valence-corrected chi connectivity index (χ4v) is 2.55. The van der Waals surface area contributed by atoms with Gasteiger partial charge >= 0.3 is 0 Å². The Morgan fingerprint density at radius 1 is 1.50 bits per heavy atom. The van der Waals surface area contributed by atoms with Gasteiger partial charge in [0.1, 0.15) is 12.1 Å². The van der Waals surface area contributed by atoms with Gasteiger partial charge < -0.3 is 0 Å². The van der Waals surface area contributed by atoms with E-state index in [2.05, 4.69) is 11.2 Å². The first-order chi connectivity index (χ1) is 8.72. The molecule has 0 saturated heterocycles. The Labute approximate surface area is 104 Å². The minimum Gasteiger partial charge on any atom is -0.291 e. The molecule has 88 valence electrons. The van der Waals surface area contributed by atoms with Crippen LogP contribution in [0.1, 0.15) is 28.0 Å². The number of carbonyl (C=O) groups is 1. The first-order valence-corrected chi connectivity index (χ1v) is 5.76. The maximum Gasteiger partial charge on any atom is 0.197 e. The molecule has 1 aliphatic carbocycles. The van der Waals surface area contributed by atoms with Crippen LogP contribution in [0.2, 0.25) is 0 Å². The molecule has 1 heterocycles. The summed E-state index contributed by atoms with van der Waals surface area (Å²) in [5, 5.41) is 12.9. The van der Waals surface area contributed by atoms with Gasteiger partial charge in [-0.2, -0.15) is 10.4 Å². The number of benzene rings is 1. The topological polar surface area (TPSA) is 58.7 Å². The summed E-state index contributed by atoms with van der Waals surface area (Å²) in [5.41, 5.74) is 4.76. The van der Waals surface area contributed by atoms with E-state index in [1.54, 1.807) is 4.68 Å². The molecule has 0 N–H and O–H groups in total. The smallest absolute Gasteiger partial charge is 0.197 e. The monoisotopic (exact) mass is 237 g/mol. The number of nitrogens with zero attached hydrogens (tertiary/aromatic N) is 3. The van der Waals surface area contributed by atoms with Crippen molar-refractivity contribution in [3.05, 3.63) is 41.1 Å². The van der Waals surface area contributed by atoms with Gasteiger partial charge in [-0.1, -0.05) is 24.3 Å². The molecule has 0 atom stereocenters. The number of nitriles is 1. The Balaban J connectivity index is 2.16. The Morgan fingerprint density at radius 3 is 3.06 bits per heavy atom. The number of hydrogen-bond acceptors (Lipinski definition) is 3. The fraction of sp³-hybridized carbons (Fsp3) is 0.214. The third kappa shape index (κ3) is 1.37. The van der Waals surface area contributed by atoms with Gasteiger partial charge in [-0.25, -0.2) is 0 Å². The lowest BCUT2D eigenvalue weighted by atomic mass is 10.1. The number of carbonyl (C=O) groups excluding carboxylic acids is 1. The summed E-state index contributed by atoms with van der Waals surface area (Å²) < 4.78 is 1.74. The molecule has 0 fully saturated rings. The number of aromatic nitrogens is 2. The summed E-state index contributed by atoms with van der Waals surface area (Å²) in [6, 6.07) is 9.97. The average molecular weight is 237 g/mol. The van der Waals surface area contributed by atoms with Crippen LogP contribution >= 0.6 is 0 Å². The highest BCUT2D eigenvalue weighted by molar-refractivity contribution is 5.99. The van der Waals surface area contributed by atoms with Crippen LogP contribution in [0, 0.1) is 11.3 Å². The predicted octanol–water partition coefficient (Wildman–Crippen LogP) is 2.09. The zero-order chi connectivity index (χ0) is 12.7. The van der Waals surface area contributed by atoms with Gasteiger partial charge in [0.05, 0.1) is 11.8 Å². The first-order valence-electron chi connectivity index (χ1n) is 5.76. The quantitative estimate of drug-likeness (QED) is 0.641. The van der Waals surface area contributed by atoms with Gasteiger partial charge in [0.15, 0.2) is 5.78 Å². The molecule has 18 heavy (non-hydrogen) atoms. The van der Waals surface area contributed by atoms with E-state index in [1.807, 2.05) is 31.3 Å². The van der Waals surface area contributed by atoms with Crippen molar-refractivity contribution in [2.24, 2.45) is 7.05 Å². The number of hydrogen-bond donors (Lipinski definition) is 0. The molecule has 0 saturated carbocycles. The second kappa shape index (κ2) is 3.81. The summed E-state index contributed by atoms with van der Waals surface area (Å²) in [4.78, 5) is 11.9. The lowest BCUT2D eigenvalue weighted by molar-refractivity contribution is 0.0991. The largest absolute Gasteiger partial charge is 0.291 e. The molecule has 0 bridgehead atoms. The Bertz CT molecular complexity index is 692. The van der Waals surface area contributed by atoms with Gasteiger partial charge in [0.2, 0.25) is 0 Å². The van der Waals surface area contributed by atoms with Crippen molar-refractivity contribution in [3.63, 3.8) is 0 Å². The summed E-state index contributed by atoms with van der Waals surface area (Å²) in [5.74, 6) is -0.192. The van der Waals surface area contributed by atoms with Crippen LogP contribution in [0.3, 0.4) is 0 Å². The van der Waals surface area contributed by atoms with Crippen LogP contribution in [0.4, 0.5) is 0 Å². The van der Waals surface area contributed by atoms with Crippen LogP contribution in [-0.4, -0.2) is 15.6 Å². The van der Waals surface area contributed by atoms with Crippen molar-refractivity contribution in [2.45, 2.75) is 12.8 Å². The third-order valence-electron chi connectivity index (χ3n) is 3.29. The van der Waals surface area contributed by atoms with Crippen molar-refractivity contribution in [1.82, 2.24) is 9.78 Å². The zero-order valence-corrected chi connectivity index (χ0v) is 9.97. The van der Waals surface area contributed by atoms with Crippen LogP contribution < -0.4 is 0 Å². The zero-order valence-electron chi connectivity index (χ0n) is 9.97. The van der Waals surface area contributed by atoms with E-state index >= 15 is 0 Å².